The molecule has 6 heteroatoms. The monoisotopic (exact) mass is 365 g/mol. The third-order valence-corrected chi connectivity index (χ3v) is 4.66. The van der Waals surface area contributed by atoms with E-state index in [0.717, 1.165) is 12.8 Å². The second-order valence-electron chi connectivity index (χ2n) is 5.53. The molecular weight excluding hydrogens is 349 g/mol. The zero-order valence-electron chi connectivity index (χ0n) is 12.1. The molecule has 0 bridgehead atoms. The molecule has 22 heavy (non-hydrogen) atoms. The SMILES string of the molecule is O=C(Nc1ccnn1C1CCCCC1)c1ccc(F)cc1Br. The van der Waals surface area contributed by atoms with Gasteiger partial charge in [0.15, 0.2) is 0 Å². The second-order valence-corrected chi connectivity index (χ2v) is 6.39. The Kier molecular flexibility index (Phi) is 4.57. The van der Waals surface area contributed by atoms with Gasteiger partial charge in [0.2, 0.25) is 0 Å². The molecule has 116 valence electrons. The van der Waals surface area contributed by atoms with Crippen molar-refractivity contribution in [3.05, 3.63) is 46.3 Å². The van der Waals surface area contributed by atoms with E-state index in [-0.39, 0.29) is 11.7 Å². The zero-order chi connectivity index (χ0) is 15.5. The molecule has 0 spiro atoms. The maximum atomic E-state index is 13.1. The van der Waals surface area contributed by atoms with E-state index in [1.54, 1.807) is 12.3 Å². The van der Waals surface area contributed by atoms with Gasteiger partial charge in [-0.2, -0.15) is 5.10 Å². The van der Waals surface area contributed by atoms with Crippen molar-refractivity contribution in [3.8, 4) is 0 Å². The van der Waals surface area contributed by atoms with E-state index in [1.807, 2.05) is 4.68 Å². The van der Waals surface area contributed by atoms with Crippen molar-refractivity contribution >= 4 is 27.7 Å². The molecule has 1 saturated carbocycles. The van der Waals surface area contributed by atoms with Crippen molar-refractivity contribution in [2.75, 3.05) is 5.32 Å². The molecule has 2 aromatic rings. The lowest BCUT2D eigenvalue weighted by molar-refractivity contribution is 0.102. The Hall–Kier alpha value is -1.69. The number of halogens is 2. The predicted octanol–water partition coefficient (Wildman–Crippen LogP) is 4.54. The van der Waals surface area contributed by atoms with Crippen LogP contribution < -0.4 is 5.32 Å². The Morgan fingerprint density at radius 1 is 1.27 bits per heavy atom. The zero-order valence-corrected chi connectivity index (χ0v) is 13.6. The Balaban J connectivity index is 1.78. The van der Waals surface area contributed by atoms with Crippen LogP contribution in [0.4, 0.5) is 10.2 Å². The highest BCUT2D eigenvalue weighted by molar-refractivity contribution is 9.10. The number of amides is 1. The maximum absolute atomic E-state index is 13.1. The summed E-state index contributed by atoms with van der Waals surface area (Å²) >= 11 is 3.22. The summed E-state index contributed by atoms with van der Waals surface area (Å²) in [5, 5.41) is 7.23. The summed E-state index contributed by atoms with van der Waals surface area (Å²) in [6.45, 7) is 0. The summed E-state index contributed by atoms with van der Waals surface area (Å²) in [7, 11) is 0. The number of hydrogen-bond donors (Lipinski definition) is 1. The van der Waals surface area contributed by atoms with Crippen LogP contribution in [0.1, 0.15) is 48.5 Å². The number of carbonyl (C=O) groups is 1. The largest absolute Gasteiger partial charge is 0.307 e. The number of benzene rings is 1. The molecule has 0 aliphatic heterocycles. The summed E-state index contributed by atoms with van der Waals surface area (Å²) in [5.41, 5.74) is 0.401. The fourth-order valence-electron chi connectivity index (χ4n) is 2.89. The van der Waals surface area contributed by atoms with E-state index in [9.17, 15) is 9.18 Å². The highest BCUT2D eigenvalue weighted by atomic mass is 79.9. The molecule has 1 heterocycles. The third-order valence-electron chi connectivity index (χ3n) is 4.01. The van der Waals surface area contributed by atoms with Gasteiger partial charge in [0.05, 0.1) is 17.8 Å². The fraction of sp³-hybridized carbons (Fsp3) is 0.375. The Morgan fingerprint density at radius 3 is 2.77 bits per heavy atom. The maximum Gasteiger partial charge on any atom is 0.257 e. The molecule has 0 atom stereocenters. The van der Waals surface area contributed by atoms with Crippen LogP contribution in [0, 0.1) is 5.82 Å². The molecule has 0 unspecified atom stereocenters. The van der Waals surface area contributed by atoms with Crippen LogP contribution in [-0.4, -0.2) is 15.7 Å². The molecule has 1 aliphatic rings. The van der Waals surface area contributed by atoms with Gasteiger partial charge >= 0.3 is 0 Å². The van der Waals surface area contributed by atoms with E-state index in [4.69, 9.17) is 0 Å². The summed E-state index contributed by atoms with van der Waals surface area (Å²) < 4.78 is 15.5. The van der Waals surface area contributed by atoms with Crippen molar-refractivity contribution in [1.82, 2.24) is 9.78 Å². The van der Waals surface area contributed by atoms with Gasteiger partial charge in [0.25, 0.3) is 5.91 Å². The van der Waals surface area contributed by atoms with Gasteiger partial charge in [-0.1, -0.05) is 19.3 Å². The minimum absolute atomic E-state index is 0.274. The lowest BCUT2D eigenvalue weighted by atomic mass is 9.96. The lowest BCUT2D eigenvalue weighted by Gasteiger charge is -2.24. The van der Waals surface area contributed by atoms with E-state index in [0.29, 0.717) is 21.9 Å². The van der Waals surface area contributed by atoms with Crippen molar-refractivity contribution in [1.29, 1.82) is 0 Å². The van der Waals surface area contributed by atoms with Crippen molar-refractivity contribution < 1.29 is 9.18 Å². The Labute approximate surface area is 136 Å². The van der Waals surface area contributed by atoms with Crippen molar-refractivity contribution in [2.24, 2.45) is 0 Å². The Morgan fingerprint density at radius 2 is 2.05 bits per heavy atom. The minimum Gasteiger partial charge on any atom is -0.307 e. The number of aromatic nitrogens is 2. The molecule has 1 amide bonds. The number of nitrogens with zero attached hydrogens (tertiary/aromatic N) is 2. The summed E-state index contributed by atoms with van der Waals surface area (Å²) in [6, 6.07) is 6.17. The van der Waals surface area contributed by atoms with Crippen LogP contribution in [0.25, 0.3) is 0 Å². The molecule has 3 rings (SSSR count). The normalized spacial score (nSPS) is 15.7. The summed E-state index contributed by atoms with van der Waals surface area (Å²) in [6.07, 6.45) is 7.53. The number of anilines is 1. The molecule has 4 nitrogen and oxygen atoms in total. The van der Waals surface area contributed by atoms with Gasteiger partial charge in [0.1, 0.15) is 11.6 Å². The van der Waals surface area contributed by atoms with E-state index in [1.165, 1.54) is 37.5 Å². The minimum atomic E-state index is -0.379. The van der Waals surface area contributed by atoms with Gasteiger partial charge in [0, 0.05) is 10.5 Å². The van der Waals surface area contributed by atoms with Crippen LogP contribution in [0.15, 0.2) is 34.9 Å². The number of nitrogens with one attached hydrogen (secondary N) is 1. The molecule has 1 fully saturated rings. The van der Waals surface area contributed by atoms with Gasteiger partial charge in [-0.3, -0.25) is 4.79 Å². The molecule has 0 saturated heterocycles. The second kappa shape index (κ2) is 6.60. The number of hydrogen-bond acceptors (Lipinski definition) is 2. The Bertz CT molecular complexity index is 680. The highest BCUT2D eigenvalue weighted by Crippen LogP contribution is 2.30. The molecule has 1 aromatic heterocycles. The van der Waals surface area contributed by atoms with E-state index < -0.39 is 0 Å². The van der Waals surface area contributed by atoms with E-state index >= 15 is 0 Å². The predicted molar refractivity (Wildman–Crippen MR) is 86.4 cm³/mol. The third kappa shape index (κ3) is 3.21. The first-order chi connectivity index (χ1) is 10.6. The quantitative estimate of drug-likeness (QED) is 0.867. The lowest BCUT2D eigenvalue weighted by Crippen LogP contribution is -2.20. The summed E-state index contributed by atoms with van der Waals surface area (Å²) in [4.78, 5) is 12.4. The highest BCUT2D eigenvalue weighted by Gasteiger charge is 2.20. The van der Waals surface area contributed by atoms with Crippen LogP contribution in [0.5, 0.6) is 0 Å². The molecule has 1 aromatic carbocycles. The van der Waals surface area contributed by atoms with Gasteiger partial charge in [-0.25, -0.2) is 9.07 Å². The number of carbonyl (C=O) groups excluding carboxylic acids is 1. The van der Waals surface area contributed by atoms with Crippen LogP contribution in [-0.2, 0) is 0 Å². The summed E-state index contributed by atoms with van der Waals surface area (Å²) in [5.74, 6) is 0.0354. The first-order valence-electron chi connectivity index (χ1n) is 7.45. The van der Waals surface area contributed by atoms with Crippen LogP contribution in [0.3, 0.4) is 0 Å². The smallest absolute Gasteiger partial charge is 0.257 e. The number of rotatable bonds is 3. The first-order valence-corrected chi connectivity index (χ1v) is 8.24. The van der Waals surface area contributed by atoms with Crippen molar-refractivity contribution in [2.45, 2.75) is 38.1 Å². The van der Waals surface area contributed by atoms with Crippen LogP contribution in [0.2, 0.25) is 0 Å². The van der Waals surface area contributed by atoms with E-state index in [2.05, 4.69) is 26.3 Å². The fourth-order valence-corrected chi connectivity index (χ4v) is 3.42. The topological polar surface area (TPSA) is 46.9 Å². The molecule has 1 N–H and O–H groups in total. The van der Waals surface area contributed by atoms with Gasteiger partial charge in [-0.05, 0) is 47.0 Å². The first kappa shape index (κ1) is 15.2. The standard InChI is InChI=1S/C16H17BrFN3O/c17-14-10-11(18)6-7-13(14)16(22)20-15-8-9-19-21(15)12-4-2-1-3-5-12/h6-10,12H,1-5H2,(H,20,22). The average Bonchev–Trinajstić information content (AvgIpc) is 2.96. The molecular formula is C16H17BrFN3O. The average molecular weight is 366 g/mol. The molecule has 1 aliphatic carbocycles. The van der Waals surface area contributed by atoms with Crippen molar-refractivity contribution in [3.63, 3.8) is 0 Å². The van der Waals surface area contributed by atoms with Gasteiger partial charge < -0.3 is 5.32 Å². The van der Waals surface area contributed by atoms with Gasteiger partial charge in [-0.15, -0.1) is 0 Å². The van der Waals surface area contributed by atoms with Crippen LogP contribution >= 0.6 is 15.9 Å². The molecule has 0 radical (unpaired) electrons.